The summed E-state index contributed by atoms with van der Waals surface area (Å²) in [6.07, 6.45) is 3.28. The van der Waals surface area contributed by atoms with E-state index in [4.69, 9.17) is 0 Å². The third-order valence-corrected chi connectivity index (χ3v) is 0.954. The minimum absolute atomic E-state index is 0. The Labute approximate surface area is 89.8 Å². The molecule has 0 aliphatic rings. The zero-order chi connectivity index (χ0) is 8.53. The van der Waals surface area contributed by atoms with E-state index >= 15 is 0 Å². The molecular formula is C8H13IO3. The Hall–Kier alpha value is -0.440. The van der Waals surface area contributed by atoms with Crippen LogP contribution < -0.4 is 0 Å². The van der Waals surface area contributed by atoms with E-state index in [2.05, 4.69) is 21.5 Å². The molecule has 0 aromatic heterocycles. The van der Waals surface area contributed by atoms with E-state index in [-0.39, 0.29) is 24.0 Å². The molecule has 70 valence electrons. The monoisotopic (exact) mass is 284 g/mol. The van der Waals surface area contributed by atoms with Crippen LogP contribution >= 0.6 is 24.0 Å². The van der Waals surface area contributed by atoms with Crippen LogP contribution in [0.3, 0.4) is 0 Å². The largest absolute Gasteiger partial charge is 0.522 e. The second kappa shape index (κ2) is 10.6. The lowest BCUT2D eigenvalue weighted by Gasteiger charge is -1.98. The van der Waals surface area contributed by atoms with Gasteiger partial charge in [-0.1, -0.05) is 19.3 Å². The molecule has 3 nitrogen and oxygen atoms in total. The van der Waals surface area contributed by atoms with Gasteiger partial charge in [0.05, 0.1) is 6.61 Å². The molecule has 12 heavy (non-hydrogen) atoms. The summed E-state index contributed by atoms with van der Waals surface area (Å²) in [5, 5.41) is 0. The van der Waals surface area contributed by atoms with E-state index in [9.17, 15) is 4.79 Å². The van der Waals surface area contributed by atoms with Gasteiger partial charge in [-0.15, -0.1) is 24.0 Å². The summed E-state index contributed by atoms with van der Waals surface area (Å²) >= 11 is 0. The van der Waals surface area contributed by atoms with Gasteiger partial charge in [-0.2, -0.15) is 0 Å². The number of carbonyl (C=O) groups is 1. The van der Waals surface area contributed by atoms with Gasteiger partial charge in [0.2, 0.25) is 0 Å². The molecule has 0 aromatic carbocycles. The number of halogens is 1. The lowest BCUT2D eigenvalue weighted by atomic mass is 10.4. The summed E-state index contributed by atoms with van der Waals surface area (Å²) in [6, 6.07) is 0. The molecule has 0 aliphatic carbocycles. The van der Waals surface area contributed by atoms with Crippen molar-refractivity contribution in [1.29, 1.82) is 0 Å². The van der Waals surface area contributed by atoms with Crippen molar-refractivity contribution in [3.63, 3.8) is 0 Å². The predicted molar refractivity (Wildman–Crippen MR) is 56.2 cm³/mol. The topological polar surface area (TPSA) is 35.5 Å². The molecule has 0 amide bonds. The Morgan fingerprint density at radius 1 is 1.50 bits per heavy atom. The average molecular weight is 284 g/mol. The lowest BCUT2D eigenvalue weighted by Crippen LogP contribution is -2.04. The molecule has 0 atom stereocenters. The van der Waals surface area contributed by atoms with Gasteiger partial charge in [0, 0.05) is 6.92 Å². The van der Waals surface area contributed by atoms with E-state index in [1.807, 2.05) is 6.92 Å². The highest BCUT2D eigenvalue weighted by molar-refractivity contribution is 14.0. The summed E-state index contributed by atoms with van der Waals surface area (Å²) in [4.78, 5) is 10.5. The van der Waals surface area contributed by atoms with Crippen molar-refractivity contribution in [2.45, 2.75) is 26.7 Å². The molecule has 0 saturated heterocycles. The second-order valence-electron chi connectivity index (χ2n) is 1.91. The maximum absolute atomic E-state index is 10.5. The fraction of sp³-hybridized carbons (Fsp3) is 0.625. The van der Waals surface area contributed by atoms with E-state index in [0.29, 0.717) is 6.61 Å². The summed E-state index contributed by atoms with van der Waals surface area (Å²) in [6.45, 7) is 4.00. The molecule has 0 heterocycles. The smallest absolute Gasteiger partial charge is 0.433 e. The van der Waals surface area contributed by atoms with Crippen molar-refractivity contribution in [3.05, 3.63) is 0 Å². The van der Waals surface area contributed by atoms with Crippen LogP contribution in [-0.2, 0) is 9.47 Å². The number of hydrogen-bond donors (Lipinski definition) is 0. The van der Waals surface area contributed by atoms with E-state index in [1.54, 1.807) is 6.92 Å². The maximum Gasteiger partial charge on any atom is 0.522 e. The van der Waals surface area contributed by atoms with E-state index in [1.165, 1.54) is 0 Å². The molecule has 0 rings (SSSR count). The Morgan fingerprint density at radius 3 is 2.67 bits per heavy atom. The highest BCUT2D eigenvalue weighted by Crippen LogP contribution is 1.90. The number of ether oxygens (including phenoxy) is 2. The quantitative estimate of drug-likeness (QED) is 0.346. The lowest BCUT2D eigenvalue weighted by molar-refractivity contribution is 0.0890. The normalized spacial score (nSPS) is 7.17. The van der Waals surface area contributed by atoms with Crippen molar-refractivity contribution < 1.29 is 14.3 Å². The van der Waals surface area contributed by atoms with E-state index < -0.39 is 6.16 Å². The Bertz CT molecular complexity index is 169. The summed E-state index contributed by atoms with van der Waals surface area (Å²) in [5.41, 5.74) is 0. The minimum Gasteiger partial charge on any atom is -0.433 e. The molecule has 0 aliphatic heterocycles. The minimum atomic E-state index is -0.715. The first-order valence-electron chi connectivity index (χ1n) is 3.56. The highest BCUT2D eigenvalue weighted by Gasteiger charge is 1.99. The van der Waals surface area contributed by atoms with Gasteiger partial charge in [0.15, 0.2) is 0 Å². The van der Waals surface area contributed by atoms with Crippen LogP contribution in [0.5, 0.6) is 0 Å². The molecule has 0 spiro atoms. The van der Waals surface area contributed by atoms with Crippen molar-refractivity contribution in [2.24, 2.45) is 0 Å². The Morgan fingerprint density at radius 2 is 2.17 bits per heavy atom. The first-order chi connectivity index (χ1) is 5.31. The Balaban J connectivity index is 0. The molecule has 0 saturated carbocycles. The SMILES string of the molecule is CC#COC(=O)OCCCC.I. The van der Waals surface area contributed by atoms with Gasteiger partial charge in [0.1, 0.15) is 6.11 Å². The van der Waals surface area contributed by atoms with Gasteiger partial charge in [-0.25, -0.2) is 4.79 Å². The van der Waals surface area contributed by atoms with Gasteiger partial charge in [-0.3, -0.25) is 0 Å². The van der Waals surface area contributed by atoms with Gasteiger partial charge < -0.3 is 9.47 Å². The molecule has 0 unspecified atom stereocenters. The van der Waals surface area contributed by atoms with Crippen LogP contribution in [0.2, 0.25) is 0 Å². The first-order valence-corrected chi connectivity index (χ1v) is 3.56. The van der Waals surface area contributed by atoms with Crippen LogP contribution in [0.15, 0.2) is 0 Å². The fourth-order valence-electron chi connectivity index (χ4n) is 0.422. The highest BCUT2D eigenvalue weighted by atomic mass is 127. The van der Waals surface area contributed by atoms with Crippen LogP contribution in [0.4, 0.5) is 4.79 Å². The van der Waals surface area contributed by atoms with Crippen molar-refractivity contribution >= 4 is 30.1 Å². The molecular weight excluding hydrogens is 271 g/mol. The number of unbranched alkanes of at least 4 members (excludes halogenated alkanes) is 1. The number of hydrogen-bond acceptors (Lipinski definition) is 3. The Kier molecular flexibility index (Phi) is 12.4. The maximum atomic E-state index is 10.5. The standard InChI is InChI=1S/C8H12O3.HI/c1-3-5-7-11-8(9)10-6-4-2;/h3,5,7H2,1-2H3;1H. The third-order valence-electron chi connectivity index (χ3n) is 0.954. The van der Waals surface area contributed by atoms with Gasteiger partial charge in [-0.05, 0) is 6.42 Å². The van der Waals surface area contributed by atoms with Crippen LogP contribution in [-0.4, -0.2) is 12.8 Å². The molecule has 0 radical (unpaired) electrons. The second-order valence-corrected chi connectivity index (χ2v) is 1.91. The zero-order valence-electron chi connectivity index (χ0n) is 7.25. The summed E-state index contributed by atoms with van der Waals surface area (Å²) in [5.74, 6) is 2.42. The molecule has 0 aromatic rings. The van der Waals surface area contributed by atoms with Gasteiger partial charge in [0.25, 0.3) is 0 Å². The van der Waals surface area contributed by atoms with Crippen LogP contribution in [0.25, 0.3) is 0 Å². The van der Waals surface area contributed by atoms with Crippen molar-refractivity contribution in [2.75, 3.05) is 6.61 Å². The van der Waals surface area contributed by atoms with Crippen LogP contribution in [0.1, 0.15) is 26.7 Å². The first kappa shape index (κ1) is 14.1. The van der Waals surface area contributed by atoms with Crippen molar-refractivity contribution in [1.82, 2.24) is 0 Å². The zero-order valence-corrected chi connectivity index (χ0v) is 9.58. The summed E-state index contributed by atoms with van der Waals surface area (Å²) < 4.78 is 8.94. The fourth-order valence-corrected chi connectivity index (χ4v) is 0.422. The molecule has 4 heteroatoms. The third kappa shape index (κ3) is 9.56. The van der Waals surface area contributed by atoms with Gasteiger partial charge >= 0.3 is 6.16 Å². The van der Waals surface area contributed by atoms with Crippen LogP contribution in [0, 0.1) is 12.0 Å². The average Bonchev–Trinajstić information content (AvgIpc) is 2.01. The summed E-state index contributed by atoms with van der Waals surface area (Å²) in [7, 11) is 0. The molecule has 0 fully saturated rings. The molecule has 0 bridgehead atoms. The van der Waals surface area contributed by atoms with E-state index in [0.717, 1.165) is 12.8 Å². The predicted octanol–water partition coefficient (Wildman–Crippen LogP) is 2.54. The molecule has 0 N–H and O–H groups in total. The van der Waals surface area contributed by atoms with Crippen molar-refractivity contribution in [3.8, 4) is 12.0 Å². The number of rotatable bonds is 3. The number of carbonyl (C=O) groups excluding carboxylic acids is 1.